The van der Waals surface area contributed by atoms with Gasteiger partial charge in [-0.05, 0) is 30.3 Å². The Hall–Kier alpha value is -0.680. The third-order valence-corrected chi connectivity index (χ3v) is 4.75. The van der Waals surface area contributed by atoms with Gasteiger partial charge in [-0.3, -0.25) is 4.79 Å². The Bertz CT molecular complexity index is 443. The van der Waals surface area contributed by atoms with Crippen molar-refractivity contribution in [1.82, 2.24) is 14.5 Å². The summed E-state index contributed by atoms with van der Waals surface area (Å²) in [5, 5.41) is 4.11. The number of alkyl halides is 1. The maximum atomic E-state index is 12.8. The predicted octanol–water partition coefficient (Wildman–Crippen LogP) is 3.68. The van der Waals surface area contributed by atoms with Crippen LogP contribution in [0.2, 0.25) is 0 Å². The van der Waals surface area contributed by atoms with E-state index in [1.54, 1.807) is 0 Å². The van der Waals surface area contributed by atoms with E-state index in [0.29, 0.717) is 23.3 Å². The fourth-order valence-electron chi connectivity index (χ4n) is 2.79. The lowest BCUT2D eigenvalue weighted by atomic mass is 9.94. The van der Waals surface area contributed by atoms with Crippen LogP contribution in [-0.2, 0) is 0 Å². The van der Waals surface area contributed by atoms with Crippen molar-refractivity contribution in [3.8, 4) is 0 Å². The van der Waals surface area contributed by atoms with Crippen LogP contribution >= 0.6 is 23.1 Å². The molecule has 0 aromatic carbocycles. The lowest BCUT2D eigenvalue weighted by Gasteiger charge is -2.33. The highest BCUT2D eigenvalue weighted by molar-refractivity contribution is 7.08. The molecule has 6 heteroatoms. The van der Waals surface area contributed by atoms with E-state index in [4.69, 9.17) is 11.6 Å². The third-order valence-electron chi connectivity index (χ3n) is 3.86. The molecule has 0 N–H and O–H groups in total. The monoisotopic (exact) mass is 315 g/mol. The standard InChI is InChI=1S/C14H22ClN3OS/c1-10(2)12-13(20-17-16-12)14(19)18(9-8-15)11-6-4-3-5-7-11/h10-11H,3-9H2,1-2H3. The molecule has 1 aromatic rings. The van der Waals surface area contributed by atoms with E-state index in [2.05, 4.69) is 9.59 Å². The summed E-state index contributed by atoms with van der Waals surface area (Å²) in [7, 11) is 0. The molecule has 20 heavy (non-hydrogen) atoms. The summed E-state index contributed by atoms with van der Waals surface area (Å²) in [5.41, 5.74) is 0.815. The molecule has 0 radical (unpaired) electrons. The van der Waals surface area contributed by atoms with Gasteiger partial charge in [-0.15, -0.1) is 16.7 Å². The van der Waals surface area contributed by atoms with Crippen molar-refractivity contribution < 1.29 is 4.79 Å². The van der Waals surface area contributed by atoms with Crippen LogP contribution in [0.4, 0.5) is 0 Å². The van der Waals surface area contributed by atoms with E-state index in [9.17, 15) is 4.79 Å². The summed E-state index contributed by atoms with van der Waals surface area (Å²) >= 11 is 7.11. The molecule has 0 unspecified atom stereocenters. The molecule has 0 spiro atoms. The maximum Gasteiger partial charge on any atom is 0.267 e. The smallest absolute Gasteiger partial charge is 0.267 e. The van der Waals surface area contributed by atoms with Gasteiger partial charge in [0.25, 0.3) is 5.91 Å². The number of carbonyl (C=O) groups excluding carboxylic acids is 1. The number of carbonyl (C=O) groups is 1. The summed E-state index contributed by atoms with van der Waals surface area (Å²) in [5.74, 6) is 0.763. The SMILES string of the molecule is CC(C)c1nnsc1C(=O)N(CCCl)C1CCCCC1. The van der Waals surface area contributed by atoms with Gasteiger partial charge in [0, 0.05) is 18.5 Å². The summed E-state index contributed by atoms with van der Waals surface area (Å²) in [6, 6.07) is 0.331. The molecule has 0 bridgehead atoms. The zero-order valence-electron chi connectivity index (χ0n) is 12.1. The molecule has 0 atom stereocenters. The van der Waals surface area contributed by atoms with Crippen LogP contribution in [-0.4, -0.2) is 38.9 Å². The van der Waals surface area contributed by atoms with Crippen LogP contribution in [0.1, 0.15) is 67.2 Å². The van der Waals surface area contributed by atoms with Gasteiger partial charge < -0.3 is 4.90 Å². The highest BCUT2D eigenvalue weighted by Gasteiger charge is 2.29. The molecule has 0 saturated heterocycles. The van der Waals surface area contributed by atoms with E-state index >= 15 is 0 Å². The molecule has 1 saturated carbocycles. The minimum Gasteiger partial charge on any atom is -0.334 e. The van der Waals surface area contributed by atoms with Crippen molar-refractivity contribution in [2.24, 2.45) is 0 Å². The topological polar surface area (TPSA) is 46.1 Å². The second-order valence-corrected chi connectivity index (χ2v) is 6.75. The van der Waals surface area contributed by atoms with Crippen LogP contribution in [0.25, 0.3) is 0 Å². The molecule has 0 aliphatic heterocycles. The minimum absolute atomic E-state index is 0.0660. The molecule has 2 rings (SSSR count). The molecule has 4 nitrogen and oxygen atoms in total. The van der Waals surface area contributed by atoms with Crippen molar-refractivity contribution in [3.05, 3.63) is 10.6 Å². The Labute approximate surface area is 129 Å². The summed E-state index contributed by atoms with van der Waals surface area (Å²) in [6.45, 7) is 4.69. The quantitative estimate of drug-likeness (QED) is 0.779. The zero-order valence-corrected chi connectivity index (χ0v) is 13.7. The molecule has 1 amide bonds. The van der Waals surface area contributed by atoms with Gasteiger partial charge >= 0.3 is 0 Å². The second kappa shape index (κ2) is 7.36. The van der Waals surface area contributed by atoms with E-state index in [1.165, 1.54) is 30.8 Å². The van der Waals surface area contributed by atoms with Crippen LogP contribution in [0.3, 0.4) is 0 Å². The van der Waals surface area contributed by atoms with E-state index < -0.39 is 0 Å². The first-order valence-electron chi connectivity index (χ1n) is 7.34. The number of hydrogen-bond acceptors (Lipinski definition) is 4. The normalized spacial score (nSPS) is 16.6. The summed E-state index contributed by atoms with van der Waals surface area (Å²) in [6.07, 6.45) is 5.86. The van der Waals surface area contributed by atoms with Gasteiger partial charge in [0.2, 0.25) is 0 Å². The highest BCUT2D eigenvalue weighted by Crippen LogP contribution is 2.27. The summed E-state index contributed by atoms with van der Waals surface area (Å²) in [4.78, 5) is 15.5. The number of aromatic nitrogens is 2. The van der Waals surface area contributed by atoms with Crippen molar-refractivity contribution in [1.29, 1.82) is 0 Å². The van der Waals surface area contributed by atoms with Gasteiger partial charge in [0.05, 0.1) is 5.69 Å². The highest BCUT2D eigenvalue weighted by atomic mass is 35.5. The van der Waals surface area contributed by atoms with Gasteiger partial charge in [0.15, 0.2) is 0 Å². The van der Waals surface area contributed by atoms with E-state index in [-0.39, 0.29) is 11.8 Å². The first-order valence-corrected chi connectivity index (χ1v) is 8.65. The van der Waals surface area contributed by atoms with Gasteiger partial charge in [0.1, 0.15) is 4.88 Å². The first kappa shape index (κ1) is 15.7. The fraction of sp³-hybridized carbons (Fsp3) is 0.786. The van der Waals surface area contributed by atoms with Crippen molar-refractivity contribution in [2.45, 2.75) is 57.9 Å². The first-order chi connectivity index (χ1) is 9.65. The molecular formula is C14H22ClN3OS. The van der Waals surface area contributed by atoms with Crippen LogP contribution < -0.4 is 0 Å². The lowest BCUT2D eigenvalue weighted by Crippen LogP contribution is -2.42. The average molecular weight is 316 g/mol. The number of amides is 1. The Morgan fingerprint density at radius 1 is 1.40 bits per heavy atom. The number of nitrogens with zero attached hydrogens (tertiary/aromatic N) is 3. The van der Waals surface area contributed by atoms with Crippen molar-refractivity contribution in [3.63, 3.8) is 0 Å². The average Bonchev–Trinajstić information content (AvgIpc) is 2.94. The van der Waals surface area contributed by atoms with Crippen LogP contribution in [0, 0.1) is 0 Å². The molecule has 112 valence electrons. The van der Waals surface area contributed by atoms with E-state index in [1.807, 2.05) is 18.7 Å². The van der Waals surface area contributed by atoms with Crippen molar-refractivity contribution in [2.75, 3.05) is 12.4 Å². The molecular weight excluding hydrogens is 294 g/mol. The van der Waals surface area contributed by atoms with Gasteiger partial charge in [-0.1, -0.05) is 37.6 Å². The molecule has 1 aromatic heterocycles. The van der Waals surface area contributed by atoms with Gasteiger partial charge in [-0.25, -0.2) is 0 Å². The maximum absolute atomic E-state index is 12.8. The number of rotatable bonds is 5. The Balaban J connectivity index is 2.19. The Kier molecular flexibility index (Phi) is 5.78. The van der Waals surface area contributed by atoms with Gasteiger partial charge in [-0.2, -0.15) is 0 Å². The Morgan fingerprint density at radius 2 is 2.10 bits per heavy atom. The third kappa shape index (κ3) is 3.50. The number of halogens is 1. The molecule has 1 aliphatic carbocycles. The largest absolute Gasteiger partial charge is 0.334 e. The predicted molar refractivity (Wildman–Crippen MR) is 82.6 cm³/mol. The zero-order chi connectivity index (χ0) is 14.5. The molecule has 1 fully saturated rings. The molecule has 1 heterocycles. The van der Waals surface area contributed by atoms with E-state index in [0.717, 1.165) is 18.5 Å². The van der Waals surface area contributed by atoms with Crippen LogP contribution in [0.15, 0.2) is 0 Å². The second-order valence-electron chi connectivity index (χ2n) is 5.62. The lowest BCUT2D eigenvalue weighted by molar-refractivity contribution is 0.0653. The van der Waals surface area contributed by atoms with Crippen molar-refractivity contribution >= 4 is 29.0 Å². The Morgan fingerprint density at radius 3 is 2.70 bits per heavy atom. The summed E-state index contributed by atoms with van der Waals surface area (Å²) < 4.78 is 3.96. The fourth-order valence-corrected chi connectivity index (χ4v) is 3.75. The minimum atomic E-state index is 0.0660. The van der Waals surface area contributed by atoms with Crippen LogP contribution in [0.5, 0.6) is 0 Å². The molecule has 1 aliphatic rings. The number of hydrogen-bond donors (Lipinski definition) is 0.